The molecule has 0 aromatic heterocycles. The molecule has 0 N–H and O–H groups in total. The maximum absolute atomic E-state index is 2.17. The van der Waals surface area contributed by atoms with E-state index in [0.717, 1.165) is 0 Å². The molecule has 0 bridgehead atoms. The van der Waals surface area contributed by atoms with Gasteiger partial charge in [0.25, 0.3) is 0 Å². The number of benzene rings is 2. The summed E-state index contributed by atoms with van der Waals surface area (Å²) in [4.78, 5) is 2.17. The Hall–Kier alpha value is -2.02. The van der Waals surface area contributed by atoms with Crippen molar-refractivity contribution in [3.05, 3.63) is 72.9 Å². The third-order valence-electron chi connectivity index (χ3n) is 2.37. The predicted octanol–water partition coefficient (Wildman–Crippen LogP) is 6.41. The first-order valence-corrected chi connectivity index (χ1v) is 7.44. The molecule has 0 fully saturated rings. The van der Waals surface area contributed by atoms with Crippen LogP contribution in [0.5, 0.6) is 0 Å². The molecule has 1 heteroatoms. The van der Waals surface area contributed by atoms with Gasteiger partial charge in [0.05, 0.1) is 0 Å². The summed E-state index contributed by atoms with van der Waals surface area (Å²) in [7, 11) is 0. The molecule has 1 nitrogen and oxygen atoms in total. The molecule has 2 aromatic carbocycles. The van der Waals surface area contributed by atoms with Crippen LogP contribution in [0.2, 0.25) is 0 Å². The van der Waals surface area contributed by atoms with E-state index < -0.39 is 0 Å². The average Bonchev–Trinajstić information content (AvgIpc) is 2.58. The van der Waals surface area contributed by atoms with E-state index in [0.29, 0.717) is 0 Å². The zero-order valence-corrected chi connectivity index (χ0v) is 13.4. The van der Waals surface area contributed by atoms with Gasteiger partial charge in [-0.25, -0.2) is 0 Å². The predicted molar refractivity (Wildman–Crippen MR) is 92.5 cm³/mol. The van der Waals surface area contributed by atoms with Crippen molar-refractivity contribution in [1.82, 2.24) is 0 Å². The Morgan fingerprint density at radius 2 is 1.00 bits per heavy atom. The molecule has 0 aliphatic carbocycles. The molecule has 2 aromatic rings. The minimum atomic E-state index is 1.17. The lowest BCUT2D eigenvalue weighted by Gasteiger charge is -2.20. The lowest BCUT2D eigenvalue weighted by Crippen LogP contribution is -2.07. The van der Waals surface area contributed by atoms with Crippen LogP contribution in [-0.4, -0.2) is 0 Å². The van der Waals surface area contributed by atoms with Crippen LogP contribution >= 0.6 is 0 Å². The van der Waals surface area contributed by atoms with Gasteiger partial charge in [-0.1, -0.05) is 70.2 Å². The normalized spacial score (nSPS) is 9.05. The summed E-state index contributed by atoms with van der Waals surface area (Å²) in [5.74, 6) is 0. The van der Waals surface area contributed by atoms with Gasteiger partial charge in [0.1, 0.15) is 0 Å². The number of anilines is 2. The average molecular weight is 269 g/mol. The molecule has 0 saturated carbocycles. The second-order valence-corrected chi connectivity index (χ2v) is 3.52. The van der Waals surface area contributed by atoms with Crippen LogP contribution in [0.4, 0.5) is 11.4 Å². The summed E-state index contributed by atoms with van der Waals surface area (Å²) in [5, 5.41) is 0. The fourth-order valence-corrected chi connectivity index (χ4v) is 1.65. The van der Waals surface area contributed by atoms with E-state index in [9.17, 15) is 0 Å². The SMILES string of the molecule is CC.CC.CC=CN(c1ccccc1)c1ccccc1. The highest BCUT2D eigenvalue weighted by Gasteiger charge is 2.03. The number of allylic oxidation sites excluding steroid dienone is 1. The van der Waals surface area contributed by atoms with E-state index in [1.807, 2.05) is 52.8 Å². The molecule has 0 heterocycles. The van der Waals surface area contributed by atoms with E-state index in [-0.39, 0.29) is 0 Å². The third kappa shape index (κ3) is 5.75. The number of para-hydroxylation sites is 2. The monoisotopic (exact) mass is 269 g/mol. The maximum atomic E-state index is 2.17. The Morgan fingerprint density at radius 1 is 0.650 bits per heavy atom. The summed E-state index contributed by atoms with van der Waals surface area (Å²) < 4.78 is 0. The summed E-state index contributed by atoms with van der Waals surface area (Å²) in [6, 6.07) is 20.7. The fraction of sp³-hybridized carbons (Fsp3) is 0.263. The van der Waals surface area contributed by atoms with E-state index in [1.54, 1.807) is 0 Å². The van der Waals surface area contributed by atoms with E-state index >= 15 is 0 Å². The minimum absolute atomic E-state index is 1.17. The molecule has 108 valence electrons. The quantitative estimate of drug-likeness (QED) is 0.622. The van der Waals surface area contributed by atoms with Crippen molar-refractivity contribution < 1.29 is 0 Å². The van der Waals surface area contributed by atoms with Gasteiger partial charge in [-0.15, -0.1) is 0 Å². The zero-order valence-electron chi connectivity index (χ0n) is 13.4. The molecule has 0 amide bonds. The zero-order chi connectivity index (χ0) is 15.2. The van der Waals surface area contributed by atoms with Crippen molar-refractivity contribution in [2.45, 2.75) is 34.6 Å². The first kappa shape index (κ1) is 18.0. The van der Waals surface area contributed by atoms with Gasteiger partial charge in [-0.2, -0.15) is 0 Å². The fourth-order valence-electron chi connectivity index (χ4n) is 1.65. The van der Waals surface area contributed by atoms with Gasteiger partial charge in [-0.3, -0.25) is 0 Å². The molecule has 0 spiro atoms. The standard InChI is InChI=1S/C15H15N.2C2H6/c1-2-13-16(14-9-5-3-6-10-14)15-11-7-4-8-12-15;2*1-2/h2-13H,1H3;2*1-2H3. The molecule has 20 heavy (non-hydrogen) atoms. The maximum Gasteiger partial charge on any atom is 0.0455 e. The van der Waals surface area contributed by atoms with E-state index in [2.05, 4.69) is 59.6 Å². The van der Waals surface area contributed by atoms with Crippen molar-refractivity contribution in [2.24, 2.45) is 0 Å². The smallest absolute Gasteiger partial charge is 0.0455 e. The van der Waals surface area contributed by atoms with Crippen LogP contribution < -0.4 is 4.90 Å². The molecular weight excluding hydrogens is 242 g/mol. The Bertz CT molecular complexity index is 406. The Labute approximate surface area is 124 Å². The highest BCUT2D eigenvalue weighted by atomic mass is 15.1. The number of hydrogen-bond donors (Lipinski definition) is 0. The largest absolute Gasteiger partial charge is 0.318 e. The topological polar surface area (TPSA) is 3.24 Å². The molecule has 0 radical (unpaired) electrons. The van der Waals surface area contributed by atoms with E-state index in [1.165, 1.54) is 11.4 Å². The minimum Gasteiger partial charge on any atom is -0.318 e. The van der Waals surface area contributed by atoms with Gasteiger partial charge in [0.2, 0.25) is 0 Å². The molecular formula is C19H27N. The van der Waals surface area contributed by atoms with E-state index in [4.69, 9.17) is 0 Å². The molecule has 0 saturated heterocycles. The molecule has 0 atom stereocenters. The van der Waals surface area contributed by atoms with Gasteiger partial charge in [-0.05, 0) is 31.2 Å². The van der Waals surface area contributed by atoms with Gasteiger partial charge >= 0.3 is 0 Å². The number of rotatable bonds is 3. The van der Waals surface area contributed by atoms with Crippen LogP contribution in [0.15, 0.2) is 72.9 Å². The Kier molecular flexibility index (Phi) is 10.8. The van der Waals surface area contributed by atoms with Crippen LogP contribution in [0, 0.1) is 0 Å². The van der Waals surface area contributed by atoms with Gasteiger partial charge < -0.3 is 4.90 Å². The van der Waals surface area contributed by atoms with Crippen molar-refractivity contribution in [3.8, 4) is 0 Å². The summed E-state index contributed by atoms with van der Waals surface area (Å²) in [6.45, 7) is 10.0. The second-order valence-electron chi connectivity index (χ2n) is 3.52. The van der Waals surface area contributed by atoms with Crippen LogP contribution in [0.25, 0.3) is 0 Å². The highest BCUT2D eigenvalue weighted by molar-refractivity contribution is 5.65. The number of hydrogen-bond acceptors (Lipinski definition) is 1. The van der Waals surface area contributed by atoms with Crippen LogP contribution in [0.3, 0.4) is 0 Å². The molecule has 2 rings (SSSR count). The van der Waals surface area contributed by atoms with Crippen molar-refractivity contribution in [1.29, 1.82) is 0 Å². The summed E-state index contributed by atoms with van der Waals surface area (Å²) in [5.41, 5.74) is 2.35. The lowest BCUT2D eigenvalue weighted by atomic mass is 10.2. The van der Waals surface area contributed by atoms with Crippen molar-refractivity contribution in [3.63, 3.8) is 0 Å². The summed E-state index contributed by atoms with van der Waals surface area (Å²) >= 11 is 0. The van der Waals surface area contributed by atoms with Crippen LogP contribution in [-0.2, 0) is 0 Å². The van der Waals surface area contributed by atoms with Crippen molar-refractivity contribution >= 4 is 11.4 Å². The Balaban J connectivity index is 0.000000829. The van der Waals surface area contributed by atoms with Crippen LogP contribution in [0.1, 0.15) is 34.6 Å². The molecule has 0 aliphatic heterocycles. The van der Waals surface area contributed by atoms with Gasteiger partial charge in [0.15, 0.2) is 0 Å². The third-order valence-corrected chi connectivity index (χ3v) is 2.37. The molecule has 0 aliphatic rings. The first-order chi connectivity index (χ1) is 9.92. The summed E-state index contributed by atoms with van der Waals surface area (Å²) in [6.07, 6.45) is 4.12. The van der Waals surface area contributed by atoms with Crippen molar-refractivity contribution in [2.75, 3.05) is 4.90 Å². The Morgan fingerprint density at radius 3 is 1.30 bits per heavy atom. The van der Waals surface area contributed by atoms with Gasteiger partial charge in [0, 0.05) is 17.6 Å². The number of nitrogens with zero attached hydrogens (tertiary/aromatic N) is 1. The highest BCUT2D eigenvalue weighted by Crippen LogP contribution is 2.24. The first-order valence-electron chi connectivity index (χ1n) is 7.44. The second kappa shape index (κ2) is 12.0. The lowest BCUT2D eigenvalue weighted by molar-refractivity contribution is 1.27. The molecule has 0 unspecified atom stereocenters.